The van der Waals surface area contributed by atoms with Gasteiger partial charge < -0.3 is 9.80 Å². The summed E-state index contributed by atoms with van der Waals surface area (Å²) in [5, 5.41) is 2.00. The lowest BCUT2D eigenvalue weighted by Gasteiger charge is -2.35. The van der Waals surface area contributed by atoms with E-state index in [1.807, 2.05) is 21.2 Å². The molecule has 0 N–H and O–H groups in total. The van der Waals surface area contributed by atoms with E-state index in [0.29, 0.717) is 19.0 Å². The molecule has 0 unspecified atom stereocenters. The number of carbonyl (C=O) groups excluding carboxylic acids is 2. The van der Waals surface area contributed by atoms with Gasteiger partial charge >= 0.3 is 0 Å². The maximum atomic E-state index is 13.1. The molecule has 1 aromatic heterocycles. The molecule has 0 spiro atoms. The van der Waals surface area contributed by atoms with Crippen LogP contribution in [0.2, 0.25) is 0 Å². The van der Waals surface area contributed by atoms with Crippen molar-refractivity contribution in [1.82, 2.24) is 9.80 Å². The van der Waals surface area contributed by atoms with Crippen molar-refractivity contribution in [2.75, 3.05) is 26.2 Å². The predicted molar refractivity (Wildman–Crippen MR) is 114 cm³/mol. The highest BCUT2D eigenvalue weighted by molar-refractivity contribution is 7.12. The van der Waals surface area contributed by atoms with Gasteiger partial charge in [0.15, 0.2) is 0 Å². The summed E-state index contributed by atoms with van der Waals surface area (Å²) in [6, 6.07) is 10.4. The lowest BCUT2D eigenvalue weighted by molar-refractivity contribution is -0.137. The van der Waals surface area contributed by atoms with Gasteiger partial charge in [-0.05, 0) is 56.0 Å². The number of carbonyl (C=O) groups is 2. The fourth-order valence-corrected chi connectivity index (χ4v) is 5.16. The molecule has 5 heteroatoms. The van der Waals surface area contributed by atoms with Crippen molar-refractivity contribution in [2.45, 2.75) is 39.0 Å². The highest BCUT2D eigenvalue weighted by atomic mass is 32.1. The van der Waals surface area contributed by atoms with Gasteiger partial charge in [0, 0.05) is 37.7 Å². The van der Waals surface area contributed by atoms with E-state index in [-0.39, 0.29) is 11.8 Å². The van der Waals surface area contributed by atoms with E-state index in [0.717, 1.165) is 54.8 Å². The topological polar surface area (TPSA) is 40.6 Å². The minimum absolute atomic E-state index is 0.0852. The molecular formula is C23H28N2O2S. The number of thiophene rings is 1. The first-order valence-corrected chi connectivity index (χ1v) is 11.2. The van der Waals surface area contributed by atoms with Crippen LogP contribution in [0.5, 0.6) is 0 Å². The Morgan fingerprint density at radius 1 is 0.893 bits per heavy atom. The van der Waals surface area contributed by atoms with E-state index in [1.54, 1.807) is 0 Å². The number of amides is 2. The summed E-state index contributed by atoms with van der Waals surface area (Å²) in [7, 11) is 0. The van der Waals surface area contributed by atoms with Gasteiger partial charge in [-0.2, -0.15) is 0 Å². The highest BCUT2D eigenvalue weighted by Gasteiger charge is 2.31. The Labute approximate surface area is 171 Å². The Morgan fingerprint density at radius 2 is 1.57 bits per heavy atom. The molecule has 0 aliphatic carbocycles. The second-order valence-electron chi connectivity index (χ2n) is 7.98. The third kappa shape index (κ3) is 4.00. The molecule has 2 aliphatic heterocycles. The molecule has 2 fully saturated rings. The molecule has 2 saturated heterocycles. The van der Waals surface area contributed by atoms with E-state index < -0.39 is 0 Å². The Bertz CT molecular complexity index is 829. The zero-order valence-electron chi connectivity index (χ0n) is 16.5. The van der Waals surface area contributed by atoms with Crippen LogP contribution < -0.4 is 0 Å². The van der Waals surface area contributed by atoms with Crippen molar-refractivity contribution in [3.05, 3.63) is 46.2 Å². The van der Waals surface area contributed by atoms with Gasteiger partial charge in [-0.3, -0.25) is 9.59 Å². The Balaban J connectivity index is 1.40. The number of hydrogen-bond donors (Lipinski definition) is 0. The van der Waals surface area contributed by atoms with Crippen LogP contribution >= 0.6 is 11.3 Å². The minimum atomic E-state index is 0.0852. The molecule has 2 aliphatic rings. The largest absolute Gasteiger partial charge is 0.342 e. The molecule has 2 amide bonds. The molecule has 0 saturated carbocycles. The van der Waals surface area contributed by atoms with Crippen molar-refractivity contribution >= 4 is 23.2 Å². The number of benzene rings is 1. The molecule has 4 nitrogen and oxygen atoms in total. The number of piperidine rings is 2. The SMILES string of the molecule is Cc1ccc(-c2ccsc2C(=O)N2CCC(C(=O)N3CCCCC3)CC2)cc1. The normalized spacial score (nSPS) is 18.3. The standard InChI is InChI=1S/C23H28N2O2S/c1-17-5-7-18(8-6-17)20-11-16-28-21(20)23(27)25-14-9-19(10-15-25)22(26)24-12-3-2-4-13-24/h5-8,11,16,19H,2-4,9-10,12-15H2,1H3. The minimum Gasteiger partial charge on any atom is -0.342 e. The fraction of sp³-hybridized carbons (Fsp3) is 0.478. The van der Waals surface area contributed by atoms with Crippen LogP contribution in [0.25, 0.3) is 11.1 Å². The molecule has 3 heterocycles. The van der Waals surface area contributed by atoms with Crippen LogP contribution in [0.4, 0.5) is 0 Å². The lowest BCUT2D eigenvalue weighted by atomic mass is 9.94. The second-order valence-corrected chi connectivity index (χ2v) is 8.90. The van der Waals surface area contributed by atoms with E-state index in [4.69, 9.17) is 0 Å². The Morgan fingerprint density at radius 3 is 2.25 bits per heavy atom. The van der Waals surface area contributed by atoms with Gasteiger partial charge in [0.25, 0.3) is 5.91 Å². The van der Waals surface area contributed by atoms with E-state index in [9.17, 15) is 9.59 Å². The first-order valence-electron chi connectivity index (χ1n) is 10.4. The summed E-state index contributed by atoms with van der Waals surface area (Å²) >= 11 is 1.51. The molecule has 1 aromatic carbocycles. The van der Waals surface area contributed by atoms with Gasteiger partial charge in [-0.25, -0.2) is 0 Å². The number of aryl methyl sites for hydroxylation is 1. The van der Waals surface area contributed by atoms with Crippen molar-refractivity contribution in [3.63, 3.8) is 0 Å². The average molecular weight is 397 g/mol. The summed E-state index contributed by atoms with van der Waals surface area (Å²) < 4.78 is 0. The maximum absolute atomic E-state index is 13.1. The lowest BCUT2D eigenvalue weighted by Crippen LogP contribution is -2.45. The van der Waals surface area contributed by atoms with Gasteiger partial charge in [0.05, 0.1) is 4.88 Å². The van der Waals surface area contributed by atoms with Gasteiger partial charge in [-0.15, -0.1) is 11.3 Å². The van der Waals surface area contributed by atoms with Crippen molar-refractivity contribution < 1.29 is 9.59 Å². The van der Waals surface area contributed by atoms with Gasteiger partial charge in [0.1, 0.15) is 0 Å². The van der Waals surface area contributed by atoms with Gasteiger partial charge in [-0.1, -0.05) is 29.8 Å². The first kappa shape index (κ1) is 19.2. The summed E-state index contributed by atoms with van der Waals surface area (Å²) in [4.78, 5) is 30.7. The third-order valence-electron chi connectivity index (χ3n) is 6.02. The third-order valence-corrected chi connectivity index (χ3v) is 6.92. The van der Waals surface area contributed by atoms with Crippen LogP contribution in [0, 0.1) is 12.8 Å². The van der Waals surface area contributed by atoms with E-state index >= 15 is 0 Å². The van der Waals surface area contributed by atoms with Gasteiger partial charge in [0.2, 0.25) is 5.91 Å². The van der Waals surface area contributed by atoms with Crippen LogP contribution in [-0.4, -0.2) is 47.8 Å². The molecular weight excluding hydrogens is 368 g/mol. The average Bonchev–Trinajstić information content (AvgIpc) is 3.24. The van der Waals surface area contributed by atoms with Crippen LogP contribution in [-0.2, 0) is 4.79 Å². The first-order chi connectivity index (χ1) is 13.6. The molecule has 0 radical (unpaired) electrons. The van der Waals surface area contributed by atoms with Crippen LogP contribution in [0.15, 0.2) is 35.7 Å². The van der Waals surface area contributed by atoms with Crippen molar-refractivity contribution in [1.29, 1.82) is 0 Å². The Kier molecular flexibility index (Phi) is 5.81. The smallest absolute Gasteiger partial charge is 0.264 e. The molecule has 0 bridgehead atoms. The molecule has 28 heavy (non-hydrogen) atoms. The number of likely N-dealkylation sites (tertiary alicyclic amines) is 2. The summed E-state index contributed by atoms with van der Waals surface area (Å²) in [5.41, 5.74) is 3.32. The quantitative estimate of drug-likeness (QED) is 0.761. The molecule has 2 aromatic rings. The van der Waals surface area contributed by atoms with Crippen LogP contribution in [0.3, 0.4) is 0 Å². The monoisotopic (exact) mass is 396 g/mol. The summed E-state index contributed by atoms with van der Waals surface area (Å²) in [5.74, 6) is 0.500. The predicted octanol–water partition coefficient (Wildman–Crippen LogP) is 4.59. The van der Waals surface area contributed by atoms with Crippen LogP contribution in [0.1, 0.15) is 47.3 Å². The zero-order chi connectivity index (χ0) is 19.5. The van der Waals surface area contributed by atoms with E-state index in [1.165, 1.54) is 23.3 Å². The fourth-order valence-electron chi connectivity index (χ4n) is 4.28. The number of rotatable bonds is 3. The Hall–Kier alpha value is -2.14. The van der Waals surface area contributed by atoms with Crippen molar-refractivity contribution in [3.8, 4) is 11.1 Å². The summed E-state index contributed by atoms with van der Waals surface area (Å²) in [6.45, 7) is 5.24. The summed E-state index contributed by atoms with van der Waals surface area (Å²) in [6.07, 6.45) is 5.06. The zero-order valence-corrected chi connectivity index (χ0v) is 17.3. The van der Waals surface area contributed by atoms with Crippen molar-refractivity contribution in [2.24, 2.45) is 5.92 Å². The van der Waals surface area contributed by atoms with E-state index in [2.05, 4.69) is 31.2 Å². The maximum Gasteiger partial charge on any atom is 0.264 e. The molecule has 148 valence electrons. The molecule has 4 rings (SSSR count). The second kappa shape index (κ2) is 8.48. The number of nitrogens with zero attached hydrogens (tertiary/aromatic N) is 2. The molecule has 0 atom stereocenters. The highest BCUT2D eigenvalue weighted by Crippen LogP contribution is 2.31. The number of hydrogen-bond acceptors (Lipinski definition) is 3.